The summed E-state index contributed by atoms with van der Waals surface area (Å²) in [5.74, 6) is 0.216. The van der Waals surface area contributed by atoms with E-state index in [0.717, 1.165) is 5.56 Å². The fraction of sp³-hybridized carbons (Fsp3) is 0.136. The number of nitrogens with one attached hydrogen (secondary N) is 1. The Labute approximate surface area is 178 Å². The second-order valence-corrected chi connectivity index (χ2v) is 6.86. The van der Waals surface area contributed by atoms with Crippen LogP contribution in [-0.2, 0) is 4.74 Å². The van der Waals surface area contributed by atoms with Gasteiger partial charge < -0.3 is 14.8 Å². The Hall–Kier alpha value is -3.42. The van der Waals surface area contributed by atoms with E-state index in [4.69, 9.17) is 21.1 Å². The first-order valence-electron chi connectivity index (χ1n) is 8.98. The van der Waals surface area contributed by atoms with Crippen LogP contribution in [0.1, 0.15) is 21.5 Å². The summed E-state index contributed by atoms with van der Waals surface area (Å²) in [6.45, 7) is 1.87. The molecule has 1 N–H and O–H groups in total. The molecule has 3 aromatic carbocycles. The standard InChI is InChI=1S/C22H19ClN2O5/c1-14-5-3-4-6-17(14)22(26)18-9-7-15(11-19(18)23)24-20-12-16(30-13-29-2)8-10-21(20)25(27)28/h3-12,24H,13H2,1-2H3. The van der Waals surface area contributed by atoms with Gasteiger partial charge in [0.05, 0.1) is 9.95 Å². The lowest BCUT2D eigenvalue weighted by Crippen LogP contribution is -2.05. The molecular formula is C22H19ClN2O5. The molecule has 0 aliphatic heterocycles. The number of hydrogen-bond acceptors (Lipinski definition) is 6. The minimum Gasteiger partial charge on any atom is -0.467 e. The number of ketones is 1. The first kappa shape index (κ1) is 21.3. The van der Waals surface area contributed by atoms with Crippen molar-refractivity contribution in [1.82, 2.24) is 0 Å². The number of halogens is 1. The number of methoxy groups -OCH3 is 1. The first-order chi connectivity index (χ1) is 14.4. The maximum atomic E-state index is 12.8. The molecule has 0 aliphatic carbocycles. The van der Waals surface area contributed by atoms with Crippen molar-refractivity contribution in [3.8, 4) is 5.75 Å². The van der Waals surface area contributed by atoms with Gasteiger partial charge in [0, 0.05) is 36.1 Å². The molecule has 0 radical (unpaired) electrons. The highest BCUT2D eigenvalue weighted by atomic mass is 35.5. The number of carbonyl (C=O) groups is 1. The Morgan fingerprint density at radius 3 is 2.53 bits per heavy atom. The summed E-state index contributed by atoms with van der Waals surface area (Å²) < 4.78 is 10.2. The number of hydrogen-bond donors (Lipinski definition) is 1. The number of ether oxygens (including phenoxy) is 2. The minimum atomic E-state index is -0.500. The molecule has 7 nitrogen and oxygen atoms in total. The lowest BCUT2D eigenvalue weighted by Gasteiger charge is -2.12. The zero-order valence-corrected chi connectivity index (χ0v) is 17.1. The van der Waals surface area contributed by atoms with Gasteiger partial charge >= 0.3 is 0 Å². The number of benzene rings is 3. The zero-order chi connectivity index (χ0) is 21.7. The number of anilines is 2. The summed E-state index contributed by atoms with van der Waals surface area (Å²) in [6.07, 6.45) is 0. The highest BCUT2D eigenvalue weighted by molar-refractivity contribution is 6.35. The maximum Gasteiger partial charge on any atom is 0.292 e. The van der Waals surface area contributed by atoms with Crippen molar-refractivity contribution in [1.29, 1.82) is 0 Å². The Bertz CT molecular complexity index is 1100. The van der Waals surface area contributed by atoms with E-state index in [9.17, 15) is 14.9 Å². The van der Waals surface area contributed by atoms with E-state index in [1.807, 2.05) is 19.1 Å². The molecular weight excluding hydrogens is 408 g/mol. The monoisotopic (exact) mass is 426 g/mol. The van der Waals surface area contributed by atoms with E-state index >= 15 is 0 Å². The average molecular weight is 427 g/mol. The molecule has 0 spiro atoms. The molecule has 0 fully saturated rings. The molecule has 0 heterocycles. The molecule has 8 heteroatoms. The summed E-state index contributed by atoms with van der Waals surface area (Å²) in [5, 5.41) is 14.6. The quantitative estimate of drug-likeness (QED) is 0.221. The summed E-state index contributed by atoms with van der Waals surface area (Å²) >= 11 is 6.36. The number of rotatable bonds is 8. The predicted molar refractivity (Wildman–Crippen MR) is 115 cm³/mol. The van der Waals surface area contributed by atoms with Gasteiger partial charge in [0.15, 0.2) is 12.6 Å². The van der Waals surface area contributed by atoms with Crippen molar-refractivity contribution in [2.45, 2.75) is 6.92 Å². The Morgan fingerprint density at radius 2 is 1.87 bits per heavy atom. The number of nitro groups is 1. The minimum absolute atomic E-state index is 0.0127. The fourth-order valence-corrected chi connectivity index (χ4v) is 3.16. The number of carbonyl (C=O) groups excluding carboxylic acids is 1. The van der Waals surface area contributed by atoms with Crippen LogP contribution >= 0.6 is 11.6 Å². The van der Waals surface area contributed by atoms with Crippen LogP contribution in [0.3, 0.4) is 0 Å². The van der Waals surface area contributed by atoms with Crippen molar-refractivity contribution in [3.05, 3.63) is 92.5 Å². The highest BCUT2D eigenvalue weighted by Gasteiger charge is 2.18. The Balaban J connectivity index is 1.89. The van der Waals surface area contributed by atoms with E-state index in [1.54, 1.807) is 30.3 Å². The van der Waals surface area contributed by atoms with Crippen molar-refractivity contribution in [2.24, 2.45) is 0 Å². The second kappa shape index (κ2) is 9.39. The third-order valence-corrected chi connectivity index (χ3v) is 4.70. The number of aryl methyl sites for hydroxylation is 1. The van der Waals surface area contributed by atoms with Crippen LogP contribution in [0.5, 0.6) is 5.75 Å². The van der Waals surface area contributed by atoms with Crippen molar-refractivity contribution < 1.29 is 19.2 Å². The van der Waals surface area contributed by atoms with Crippen LogP contribution < -0.4 is 10.1 Å². The summed E-state index contributed by atoms with van der Waals surface area (Å²) in [5.41, 5.74) is 2.36. The summed E-state index contributed by atoms with van der Waals surface area (Å²) in [7, 11) is 1.48. The van der Waals surface area contributed by atoms with Crippen molar-refractivity contribution in [3.63, 3.8) is 0 Å². The average Bonchev–Trinajstić information content (AvgIpc) is 2.72. The van der Waals surface area contributed by atoms with Gasteiger partial charge in [-0.1, -0.05) is 35.9 Å². The molecule has 0 aromatic heterocycles. The van der Waals surface area contributed by atoms with Crippen molar-refractivity contribution >= 4 is 34.4 Å². The second-order valence-electron chi connectivity index (χ2n) is 6.45. The molecule has 30 heavy (non-hydrogen) atoms. The first-order valence-corrected chi connectivity index (χ1v) is 9.35. The predicted octanol–water partition coefficient (Wildman–Crippen LogP) is 5.51. The van der Waals surface area contributed by atoms with Crippen LogP contribution in [0, 0.1) is 17.0 Å². The summed E-state index contributed by atoms with van der Waals surface area (Å²) in [6, 6.07) is 16.4. The van der Waals surface area contributed by atoms with Gasteiger partial charge in [0.1, 0.15) is 11.4 Å². The van der Waals surface area contributed by atoms with E-state index in [1.165, 1.54) is 25.3 Å². The summed E-state index contributed by atoms with van der Waals surface area (Å²) in [4.78, 5) is 23.7. The number of nitro benzene ring substituents is 1. The molecule has 0 atom stereocenters. The molecule has 154 valence electrons. The number of nitrogens with zero attached hydrogens (tertiary/aromatic N) is 1. The van der Waals surface area contributed by atoms with E-state index in [0.29, 0.717) is 22.6 Å². The SMILES string of the molecule is COCOc1ccc([N+](=O)[O-])c(Nc2ccc(C(=O)c3ccccc3C)c(Cl)c2)c1. The fourth-order valence-electron chi connectivity index (χ4n) is 2.90. The topological polar surface area (TPSA) is 90.7 Å². The Kier molecular flexibility index (Phi) is 6.66. The van der Waals surface area contributed by atoms with Gasteiger partial charge in [-0.15, -0.1) is 0 Å². The molecule has 0 aliphatic rings. The normalized spacial score (nSPS) is 10.5. The smallest absolute Gasteiger partial charge is 0.292 e. The van der Waals surface area contributed by atoms with Gasteiger partial charge in [0.25, 0.3) is 5.69 Å². The molecule has 0 saturated heterocycles. The maximum absolute atomic E-state index is 12.8. The van der Waals surface area contributed by atoms with Crippen LogP contribution in [0.15, 0.2) is 60.7 Å². The molecule has 0 unspecified atom stereocenters. The van der Waals surface area contributed by atoms with E-state index in [2.05, 4.69) is 5.32 Å². The van der Waals surface area contributed by atoms with E-state index < -0.39 is 4.92 Å². The zero-order valence-electron chi connectivity index (χ0n) is 16.3. The molecule has 0 bridgehead atoms. The highest BCUT2D eigenvalue weighted by Crippen LogP contribution is 2.33. The van der Waals surface area contributed by atoms with Crippen LogP contribution in [0.4, 0.5) is 17.1 Å². The van der Waals surface area contributed by atoms with Gasteiger partial charge in [-0.3, -0.25) is 14.9 Å². The lowest BCUT2D eigenvalue weighted by molar-refractivity contribution is -0.383. The molecule has 0 amide bonds. The molecule has 0 saturated carbocycles. The Morgan fingerprint density at radius 1 is 1.10 bits per heavy atom. The van der Waals surface area contributed by atoms with Gasteiger partial charge in [-0.25, -0.2) is 0 Å². The third-order valence-electron chi connectivity index (χ3n) is 4.39. The van der Waals surface area contributed by atoms with Crippen LogP contribution in [0.25, 0.3) is 0 Å². The van der Waals surface area contributed by atoms with Crippen LogP contribution in [-0.4, -0.2) is 24.6 Å². The van der Waals surface area contributed by atoms with E-state index in [-0.39, 0.29) is 29.0 Å². The van der Waals surface area contributed by atoms with Gasteiger partial charge in [-0.05, 0) is 36.8 Å². The van der Waals surface area contributed by atoms with Gasteiger partial charge in [-0.2, -0.15) is 0 Å². The molecule has 3 rings (SSSR count). The lowest BCUT2D eigenvalue weighted by atomic mass is 9.99. The molecule has 3 aromatic rings. The van der Waals surface area contributed by atoms with Crippen LogP contribution in [0.2, 0.25) is 5.02 Å². The third kappa shape index (κ3) is 4.76. The van der Waals surface area contributed by atoms with Crippen molar-refractivity contribution in [2.75, 3.05) is 19.2 Å². The largest absolute Gasteiger partial charge is 0.467 e. The van der Waals surface area contributed by atoms with Gasteiger partial charge in [0.2, 0.25) is 0 Å².